The Morgan fingerprint density at radius 1 is 0.950 bits per heavy atom. The second-order valence-corrected chi connectivity index (χ2v) is 5.16. The molecule has 0 fully saturated rings. The molecule has 0 aliphatic carbocycles. The molecule has 1 nitrogen and oxygen atoms in total. The molecule has 20 heavy (non-hydrogen) atoms. The maximum absolute atomic E-state index is 13.3. The quantitative estimate of drug-likeness (QED) is 0.613. The van der Waals surface area contributed by atoms with Crippen LogP contribution in [0.3, 0.4) is 0 Å². The lowest BCUT2D eigenvalue weighted by Gasteiger charge is -2.11. The van der Waals surface area contributed by atoms with Gasteiger partial charge < -0.3 is 5.32 Å². The molecule has 0 heterocycles. The van der Waals surface area contributed by atoms with Gasteiger partial charge in [0.25, 0.3) is 0 Å². The molecule has 2 aromatic rings. The highest BCUT2D eigenvalue weighted by Gasteiger charge is 2.11. The van der Waals surface area contributed by atoms with E-state index in [9.17, 15) is 17.6 Å². The largest absolute Gasteiger partial charge is 0.381 e. The Kier molecular flexibility index (Phi) is 4.32. The molecular weight excluding hydrogens is 338 g/mol. The average molecular weight is 348 g/mol. The van der Waals surface area contributed by atoms with E-state index in [1.54, 1.807) is 6.92 Å². The van der Waals surface area contributed by atoms with Crippen molar-refractivity contribution in [2.45, 2.75) is 13.5 Å². The summed E-state index contributed by atoms with van der Waals surface area (Å²) in [4.78, 5) is 0. The van der Waals surface area contributed by atoms with Crippen LogP contribution in [-0.4, -0.2) is 0 Å². The average Bonchev–Trinajstić information content (AvgIpc) is 2.38. The van der Waals surface area contributed by atoms with Gasteiger partial charge in [-0.3, -0.25) is 0 Å². The third-order valence-corrected chi connectivity index (χ3v) is 3.40. The van der Waals surface area contributed by atoms with Gasteiger partial charge >= 0.3 is 0 Å². The number of halogens is 5. The highest BCUT2D eigenvalue weighted by atomic mass is 79.9. The summed E-state index contributed by atoms with van der Waals surface area (Å²) in [7, 11) is 0. The third-order valence-electron chi connectivity index (χ3n) is 2.79. The minimum atomic E-state index is -1.49. The minimum Gasteiger partial charge on any atom is -0.381 e. The number of nitrogens with one attached hydrogen (secondary N) is 1. The molecule has 0 bridgehead atoms. The SMILES string of the molecule is Cc1cc(F)c(Br)cc1NCc1cc(F)c(F)c(F)c1. The van der Waals surface area contributed by atoms with E-state index in [4.69, 9.17) is 0 Å². The van der Waals surface area contributed by atoms with Crippen molar-refractivity contribution in [2.75, 3.05) is 5.32 Å². The van der Waals surface area contributed by atoms with E-state index in [0.29, 0.717) is 11.3 Å². The number of benzene rings is 2. The maximum Gasteiger partial charge on any atom is 0.194 e. The maximum atomic E-state index is 13.3. The van der Waals surface area contributed by atoms with E-state index in [2.05, 4.69) is 21.2 Å². The molecule has 0 saturated carbocycles. The van der Waals surface area contributed by atoms with Gasteiger partial charge in [-0.2, -0.15) is 0 Å². The lowest BCUT2D eigenvalue weighted by atomic mass is 10.1. The summed E-state index contributed by atoms with van der Waals surface area (Å²) in [5.41, 5.74) is 1.51. The molecule has 0 aromatic heterocycles. The fourth-order valence-electron chi connectivity index (χ4n) is 1.74. The summed E-state index contributed by atoms with van der Waals surface area (Å²) >= 11 is 3.05. The van der Waals surface area contributed by atoms with Crippen molar-refractivity contribution < 1.29 is 17.6 Å². The highest BCUT2D eigenvalue weighted by molar-refractivity contribution is 9.10. The fraction of sp³-hybridized carbons (Fsp3) is 0.143. The lowest BCUT2D eigenvalue weighted by Crippen LogP contribution is -2.04. The van der Waals surface area contributed by atoms with Crippen molar-refractivity contribution in [3.63, 3.8) is 0 Å². The summed E-state index contributed by atoms with van der Waals surface area (Å²) in [6, 6.07) is 4.69. The molecule has 0 atom stereocenters. The van der Waals surface area contributed by atoms with Gasteiger partial charge in [-0.05, 0) is 58.2 Å². The van der Waals surface area contributed by atoms with Gasteiger partial charge in [0, 0.05) is 12.2 Å². The van der Waals surface area contributed by atoms with Crippen LogP contribution in [0.25, 0.3) is 0 Å². The first-order valence-corrected chi connectivity index (χ1v) is 6.50. The fourth-order valence-corrected chi connectivity index (χ4v) is 2.09. The molecule has 0 amide bonds. The summed E-state index contributed by atoms with van der Waals surface area (Å²) < 4.78 is 52.5. The normalized spacial score (nSPS) is 10.7. The molecule has 6 heteroatoms. The summed E-state index contributed by atoms with van der Waals surface area (Å²) in [5.74, 6) is -4.36. The van der Waals surface area contributed by atoms with E-state index < -0.39 is 23.3 Å². The molecule has 0 aliphatic rings. The Balaban J connectivity index is 2.19. The first-order chi connectivity index (χ1) is 9.38. The van der Waals surface area contributed by atoms with Gasteiger partial charge in [0.2, 0.25) is 0 Å². The molecule has 1 N–H and O–H groups in total. The molecule has 0 spiro atoms. The van der Waals surface area contributed by atoms with E-state index in [-0.39, 0.29) is 16.6 Å². The zero-order valence-corrected chi connectivity index (χ0v) is 12.0. The van der Waals surface area contributed by atoms with Crippen LogP contribution < -0.4 is 5.32 Å². The second kappa shape index (κ2) is 5.83. The Morgan fingerprint density at radius 2 is 1.55 bits per heavy atom. The van der Waals surface area contributed by atoms with Crippen molar-refractivity contribution in [2.24, 2.45) is 0 Å². The summed E-state index contributed by atoms with van der Waals surface area (Å²) in [5, 5.41) is 2.92. The Labute approximate surface area is 121 Å². The van der Waals surface area contributed by atoms with Crippen LogP contribution in [0.1, 0.15) is 11.1 Å². The molecule has 2 rings (SSSR count). The molecule has 0 radical (unpaired) electrons. The van der Waals surface area contributed by atoms with Crippen molar-refractivity contribution >= 4 is 21.6 Å². The molecule has 106 valence electrons. The third kappa shape index (κ3) is 3.12. The number of aryl methyl sites for hydroxylation is 1. The molecule has 0 saturated heterocycles. The van der Waals surface area contributed by atoms with Crippen molar-refractivity contribution in [3.8, 4) is 0 Å². The van der Waals surface area contributed by atoms with Crippen molar-refractivity contribution in [3.05, 3.63) is 63.1 Å². The molecular formula is C14H10BrF4N. The van der Waals surface area contributed by atoms with Gasteiger partial charge in [0.1, 0.15) is 5.82 Å². The standard InChI is InChI=1S/C14H10BrF4N/c1-7-2-10(16)9(15)5-13(7)20-6-8-3-11(17)14(19)12(18)4-8/h2-5,20H,6H2,1H3. The predicted molar refractivity (Wildman–Crippen MR) is 72.5 cm³/mol. The summed E-state index contributed by atoms with van der Waals surface area (Å²) in [6.07, 6.45) is 0. The first kappa shape index (κ1) is 14.8. The van der Waals surface area contributed by atoms with Crippen LogP contribution in [0.15, 0.2) is 28.7 Å². The van der Waals surface area contributed by atoms with E-state index in [1.165, 1.54) is 12.1 Å². The number of anilines is 1. The van der Waals surface area contributed by atoms with Crippen LogP contribution >= 0.6 is 15.9 Å². The minimum absolute atomic E-state index is 0.0903. The second-order valence-electron chi connectivity index (χ2n) is 4.31. The molecule has 0 unspecified atom stereocenters. The smallest absolute Gasteiger partial charge is 0.194 e. The van der Waals surface area contributed by atoms with E-state index in [0.717, 1.165) is 12.1 Å². The van der Waals surface area contributed by atoms with Crippen LogP contribution in [0.2, 0.25) is 0 Å². The lowest BCUT2D eigenvalue weighted by molar-refractivity contribution is 0.445. The van der Waals surface area contributed by atoms with E-state index >= 15 is 0 Å². The molecule has 2 aromatic carbocycles. The van der Waals surface area contributed by atoms with Gasteiger partial charge in [0.15, 0.2) is 17.5 Å². The zero-order valence-electron chi connectivity index (χ0n) is 10.4. The van der Waals surface area contributed by atoms with Gasteiger partial charge in [-0.25, -0.2) is 17.6 Å². The van der Waals surface area contributed by atoms with Gasteiger partial charge in [-0.1, -0.05) is 0 Å². The number of rotatable bonds is 3. The monoisotopic (exact) mass is 347 g/mol. The van der Waals surface area contributed by atoms with Crippen LogP contribution in [0.4, 0.5) is 23.2 Å². The Hall–Kier alpha value is -1.56. The topological polar surface area (TPSA) is 12.0 Å². The number of hydrogen-bond acceptors (Lipinski definition) is 1. The van der Waals surface area contributed by atoms with Crippen LogP contribution in [0, 0.1) is 30.2 Å². The zero-order chi connectivity index (χ0) is 14.9. The van der Waals surface area contributed by atoms with Crippen molar-refractivity contribution in [1.82, 2.24) is 0 Å². The van der Waals surface area contributed by atoms with Crippen LogP contribution in [-0.2, 0) is 6.54 Å². The number of hydrogen-bond donors (Lipinski definition) is 1. The van der Waals surface area contributed by atoms with E-state index in [1.807, 2.05) is 0 Å². The van der Waals surface area contributed by atoms with Crippen LogP contribution in [0.5, 0.6) is 0 Å². The van der Waals surface area contributed by atoms with Gasteiger partial charge in [0.05, 0.1) is 4.47 Å². The molecule has 0 aliphatic heterocycles. The summed E-state index contributed by atoms with van der Waals surface area (Å²) in [6.45, 7) is 1.79. The highest BCUT2D eigenvalue weighted by Crippen LogP contribution is 2.25. The predicted octanol–water partition coefficient (Wildman–Crippen LogP) is 4.93. The van der Waals surface area contributed by atoms with Crippen molar-refractivity contribution in [1.29, 1.82) is 0 Å². The Bertz CT molecular complexity index is 635. The Morgan fingerprint density at radius 3 is 2.15 bits per heavy atom. The van der Waals surface area contributed by atoms with Gasteiger partial charge in [-0.15, -0.1) is 0 Å². The first-order valence-electron chi connectivity index (χ1n) is 5.71.